The average molecular weight is 592 g/mol. The zero-order valence-electron chi connectivity index (χ0n) is 23.5. The van der Waals surface area contributed by atoms with Crippen molar-refractivity contribution in [1.29, 1.82) is 0 Å². The van der Waals surface area contributed by atoms with Crippen LogP contribution in [0.2, 0.25) is 0 Å². The first-order valence-corrected chi connectivity index (χ1v) is 14.0. The molecule has 43 heavy (non-hydrogen) atoms. The maximum atomic E-state index is 13.6. The molecule has 4 aromatic carbocycles. The van der Waals surface area contributed by atoms with Gasteiger partial charge in [-0.15, -0.1) is 12.4 Å². The second-order valence-electron chi connectivity index (χ2n) is 10.1. The SMILES string of the molecule is CC[C@@H](c1ccccc1)c1c(NC(=O)c2ccnc3ccccc23)cccc1OCCN1C(=O)c2ccccc2C1=O.Cl. The molecule has 5 aromatic rings. The fourth-order valence-electron chi connectivity index (χ4n) is 5.60. The van der Waals surface area contributed by atoms with Gasteiger partial charge in [0.1, 0.15) is 12.4 Å². The molecule has 7 nitrogen and oxygen atoms in total. The van der Waals surface area contributed by atoms with Crippen LogP contribution < -0.4 is 10.1 Å². The molecule has 3 amide bonds. The first kappa shape index (κ1) is 29.5. The minimum Gasteiger partial charge on any atom is -0.491 e. The van der Waals surface area contributed by atoms with Crippen LogP contribution in [0.15, 0.2) is 109 Å². The molecule has 6 rings (SSSR count). The second-order valence-corrected chi connectivity index (χ2v) is 10.1. The number of carbonyl (C=O) groups excluding carboxylic acids is 3. The van der Waals surface area contributed by atoms with Crippen LogP contribution in [-0.2, 0) is 0 Å². The summed E-state index contributed by atoms with van der Waals surface area (Å²) < 4.78 is 6.29. The summed E-state index contributed by atoms with van der Waals surface area (Å²) in [7, 11) is 0. The van der Waals surface area contributed by atoms with E-state index in [-0.39, 0.29) is 49.2 Å². The number of hydrogen-bond donors (Lipinski definition) is 1. The van der Waals surface area contributed by atoms with Crippen LogP contribution in [0.25, 0.3) is 10.9 Å². The third-order valence-electron chi connectivity index (χ3n) is 7.62. The topological polar surface area (TPSA) is 88.6 Å². The van der Waals surface area contributed by atoms with E-state index in [1.54, 1.807) is 36.5 Å². The summed E-state index contributed by atoms with van der Waals surface area (Å²) in [6, 6.07) is 31.7. The maximum absolute atomic E-state index is 13.6. The van der Waals surface area contributed by atoms with Crippen molar-refractivity contribution < 1.29 is 19.1 Å². The van der Waals surface area contributed by atoms with E-state index in [2.05, 4.69) is 29.4 Å². The van der Waals surface area contributed by atoms with Crippen LogP contribution in [0, 0.1) is 0 Å². The highest BCUT2D eigenvalue weighted by Gasteiger charge is 2.35. The Morgan fingerprint density at radius 1 is 0.837 bits per heavy atom. The lowest BCUT2D eigenvalue weighted by Gasteiger charge is -2.24. The molecule has 2 heterocycles. The summed E-state index contributed by atoms with van der Waals surface area (Å²) in [6.45, 7) is 2.30. The lowest BCUT2D eigenvalue weighted by Crippen LogP contribution is -2.33. The van der Waals surface area contributed by atoms with Crippen LogP contribution in [0.1, 0.15) is 61.5 Å². The van der Waals surface area contributed by atoms with Gasteiger partial charge in [-0.05, 0) is 48.4 Å². The molecule has 0 fully saturated rings. The van der Waals surface area contributed by atoms with Crippen molar-refractivity contribution in [2.24, 2.45) is 0 Å². The number of pyridine rings is 1. The van der Waals surface area contributed by atoms with Crippen molar-refractivity contribution in [2.45, 2.75) is 19.3 Å². The van der Waals surface area contributed by atoms with Crippen LogP contribution in [0.3, 0.4) is 0 Å². The Bertz CT molecular complexity index is 1770. The molecule has 0 spiro atoms. The van der Waals surface area contributed by atoms with Crippen LogP contribution in [0.5, 0.6) is 5.75 Å². The fraction of sp³-hybridized carbons (Fsp3) is 0.143. The van der Waals surface area contributed by atoms with Crippen molar-refractivity contribution in [1.82, 2.24) is 9.88 Å². The summed E-state index contributed by atoms with van der Waals surface area (Å²) in [5, 5.41) is 3.90. The van der Waals surface area contributed by atoms with Gasteiger partial charge in [0, 0.05) is 28.8 Å². The minimum absolute atomic E-state index is 0. The Labute approximate surface area is 255 Å². The zero-order chi connectivity index (χ0) is 29.1. The van der Waals surface area contributed by atoms with Gasteiger partial charge in [0.15, 0.2) is 0 Å². The molecular weight excluding hydrogens is 562 g/mol. The van der Waals surface area contributed by atoms with Gasteiger partial charge in [-0.3, -0.25) is 24.3 Å². The molecular formula is C35H30ClN3O4. The van der Waals surface area contributed by atoms with E-state index in [9.17, 15) is 14.4 Å². The van der Waals surface area contributed by atoms with Crippen molar-refractivity contribution in [3.05, 3.63) is 137 Å². The molecule has 0 radical (unpaired) electrons. The number of nitrogens with zero attached hydrogens (tertiary/aromatic N) is 2. The number of benzene rings is 4. The van der Waals surface area contributed by atoms with Crippen LogP contribution in [-0.4, -0.2) is 40.8 Å². The number of hydrogen-bond acceptors (Lipinski definition) is 5. The summed E-state index contributed by atoms with van der Waals surface area (Å²) in [4.78, 5) is 45.0. The van der Waals surface area contributed by atoms with E-state index >= 15 is 0 Å². The van der Waals surface area contributed by atoms with Crippen molar-refractivity contribution >= 4 is 46.7 Å². The third kappa shape index (κ3) is 5.72. The predicted molar refractivity (Wildman–Crippen MR) is 169 cm³/mol. The number of ether oxygens (including phenoxy) is 1. The molecule has 1 aromatic heterocycles. The molecule has 0 aliphatic carbocycles. The molecule has 0 saturated heterocycles. The van der Waals surface area contributed by atoms with E-state index < -0.39 is 0 Å². The van der Waals surface area contributed by atoms with Gasteiger partial charge in [-0.25, -0.2) is 0 Å². The predicted octanol–water partition coefficient (Wildman–Crippen LogP) is 7.13. The molecule has 0 unspecified atom stereocenters. The molecule has 0 saturated carbocycles. The minimum atomic E-state index is -0.319. The van der Waals surface area contributed by atoms with Crippen molar-refractivity contribution in [3.8, 4) is 5.75 Å². The third-order valence-corrected chi connectivity index (χ3v) is 7.62. The van der Waals surface area contributed by atoms with Gasteiger partial charge >= 0.3 is 0 Å². The Hall–Kier alpha value is -5.01. The van der Waals surface area contributed by atoms with Crippen molar-refractivity contribution in [3.63, 3.8) is 0 Å². The number of amides is 3. The molecule has 1 aliphatic rings. The highest BCUT2D eigenvalue weighted by Crippen LogP contribution is 2.40. The number of fused-ring (bicyclic) bond motifs is 2. The number of aromatic nitrogens is 1. The monoisotopic (exact) mass is 591 g/mol. The maximum Gasteiger partial charge on any atom is 0.261 e. The van der Waals surface area contributed by atoms with Gasteiger partial charge < -0.3 is 10.1 Å². The standard InChI is InChI=1S/C35H29N3O4.ClH/c1-2-24(23-11-4-3-5-12-23)32-30(37-33(39)26-19-20-36-29-16-9-8-13-25(26)29)17-10-18-31(32)42-22-21-38-34(40)27-14-6-7-15-28(27)35(38)41;/h3-20,24H,2,21-22H2,1H3,(H,37,39);1H/t24-;/m0./s1. The summed E-state index contributed by atoms with van der Waals surface area (Å²) in [5.41, 5.74) is 4.64. The number of nitrogens with one attached hydrogen (secondary N) is 1. The molecule has 1 atom stereocenters. The van der Waals surface area contributed by atoms with Crippen LogP contribution >= 0.6 is 12.4 Å². The lowest BCUT2D eigenvalue weighted by atomic mass is 9.87. The zero-order valence-corrected chi connectivity index (χ0v) is 24.3. The van der Waals surface area contributed by atoms with E-state index in [1.165, 1.54) is 4.90 Å². The average Bonchev–Trinajstić information content (AvgIpc) is 3.27. The number of carbonyl (C=O) groups is 3. The largest absolute Gasteiger partial charge is 0.491 e. The lowest BCUT2D eigenvalue weighted by molar-refractivity contribution is 0.0630. The Balaban J connectivity index is 0.00000368. The Morgan fingerprint density at radius 2 is 1.51 bits per heavy atom. The molecule has 1 aliphatic heterocycles. The molecule has 8 heteroatoms. The molecule has 1 N–H and O–H groups in total. The number of anilines is 1. The first-order valence-electron chi connectivity index (χ1n) is 14.0. The number of imide groups is 1. The second kappa shape index (κ2) is 12.9. The summed E-state index contributed by atoms with van der Waals surface area (Å²) in [6.07, 6.45) is 2.39. The smallest absolute Gasteiger partial charge is 0.261 e. The highest BCUT2D eigenvalue weighted by molar-refractivity contribution is 6.21. The number of para-hydroxylation sites is 1. The van der Waals surface area contributed by atoms with Crippen LogP contribution in [0.4, 0.5) is 5.69 Å². The Morgan fingerprint density at radius 3 is 2.23 bits per heavy atom. The van der Waals surface area contributed by atoms with Gasteiger partial charge in [0.25, 0.3) is 17.7 Å². The quantitative estimate of drug-likeness (QED) is 0.184. The van der Waals surface area contributed by atoms with Crippen molar-refractivity contribution in [2.75, 3.05) is 18.5 Å². The normalized spacial score (nSPS) is 12.9. The highest BCUT2D eigenvalue weighted by atomic mass is 35.5. The van der Waals surface area contributed by atoms with Gasteiger partial charge in [0.2, 0.25) is 0 Å². The van der Waals surface area contributed by atoms with E-state index in [4.69, 9.17) is 4.74 Å². The fourth-order valence-corrected chi connectivity index (χ4v) is 5.60. The van der Waals surface area contributed by atoms with E-state index in [0.717, 1.165) is 28.5 Å². The molecule has 216 valence electrons. The molecule has 0 bridgehead atoms. The Kier molecular flexibility index (Phi) is 8.83. The summed E-state index contributed by atoms with van der Waals surface area (Å²) >= 11 is 0. The number of halogens is 1. The van der Waals surface area contributed by atoms with Gasteiger partial charge in [-0.2, -0.15) is 0 Å². The first-order chi connectivity index (χ1) is 20.6. The van der Waals surface area contributed by atoms with E-state index in [1.807, 2.05) is 60.7 Å². The summed E-state index contributed by atoms with van der Waals surface area (Å²) in [5.74, 6) is -0.381. The van der Waals surface area contributed by atoms with Gasteiger partial charge in [-0.1, -0.05) is 73.7 Å². The van der Waals surface area contributed by atoms with Gasteiger partial charge in [0.05, 0.1) is 28.8 Å². The van der Waals surface area contributed by atoms with E-state index in [0.29, 0.717) is 28.1 Å². The number of rotatable bonds is 9.